The van der Waals surface area contributed by atoms with Gasteiger partial charge in [-0.1, -0.05) is 25.6 Å². The number of rotatable bonds is 2. The lowest BCUT2D eigenvalue weighted by Crippen LogP contribution is -2.41. The van der Waals surface area contributed by atoms with Crippen LogP contribution in [0.25, 0.3) is 0 Å². The first-order valence-electron chi connectivity index (χ1n) is 6.74. The lowest BCUT2D eigenvalue weighted by Gasteiger charge is -2.30. The molecule has 2 rings (SSSR count). The standard InChI is InChI=1S/C15H22N2Si/c1-5-14-15(18(2,3)4)11-13(12-16-14)17-9-7-6-8-10-17/h1,11-12H,6-10H2,2-4H3. The van der Waals surface area contributed by atoms with Gasteiger partial charge in [0.05, 0.1) is 20.0 Å². The summed E-state index contributed by atoms with van der Waals surface area (Å²) in [6.07, 6.45) is 11.5. The second-order valence-corrected chi connectivity index (χ2v) is 11.1. The van der Waals surface area contributed by atoms with E-state index in [4.69, 9.17) is 6.42 Å². The van der Waals surface area contributed by atoms with Crippen molar-refractivity contribution in [2.24, 2.45) is 0 Å². The number of anilines is 1. The molecule has 2 nitrogen and oxygen atoms in total. The minimum absolute atomic E-state index is 0.843. The number of nitrogens with zero attached hydrogens (tertiary/aromatic N) is 2. The van der Waals surface area contributed by atoms with E-state index in [0.717, 1.165) is 18.8 Å². The van der Waals surface area contributed by atoms with Crippen LogP contribution in [-0.2, 0) is 0 Å². The Balaban J connectivity index is 2.37. The Morgan fingerprint density at radius 3 is 2.44 bits per heavy atom. The minimum Gasteiger partial charge on any atom is -0.370 e. The van der Waals surface area contributed by atoms with Crippen molar-refractivity contribution in [2.75, 3.05) is 18.0 Å². The van der Waals surface area contributed by atoms with Crippen molar-refractivity contribution in [3.8, 4) is 12.3 Å². The monoisotopic (exact) mass is 258 g/mol. The first kappa shape index (κ1) is 13.2. The summed E-state index contributed by atoms with van der Waals surface area (Å²) in [5, 5.41) is 1.31. The highest BCUT2D eigenvalue weighted by Gasteiger charge is 2.22. The van der Waals surface area contributed by atoms with Crippen LogP contribution in [0.4, 0.5) is 5.69 Å². The number of hydrogen-bond donors (Lipinski definition) is 0. The molecule has 0 aliphatic carbocycles. The van der Waals surface area contributed by atoms with Gasteiger partial charge in [-0.15, -0.1) is 6.42 Å². The highest BCUT2D eigenvalue weighted by atomic mass is 28.3. The largest absolute Gasteiger partial charge is 0.370 e. The molecular weight excluding hydrogens is 236 g/mol. The molecule has 1 fully saturated rings. The molecule has 1 aromatic rings. The Kier molecular flexibility index (Phi) is 3.77. The molecule has 3 heteroatoms. The molecule has 0 unspecified atom stereocenters. The van der Waals surface area contributed by atoms with Gasteiger partial charge >= 0.3 is 0 Å². The van der Waals surface area contributed by atoms with Gasteiger partial charge in [-0.25, -0.2) is 4.98 Å². The van der Waals surface area contributed by atoms with Crippen LogP contribution in [0.5, 0.6) is 0 Å². The van der Waals surface area contributed by atoms with E-state index in [1.54, 1.807) is 0 Å². The molecule has 0 saturated carbocycles. The zero-order valence-corrected chi connectivity index (χ0v) is 12.7. The van der Waals surface area contributed by atoms with Gasteiger partial charge in [-0.3, -0.25) is 0 Å². The number of terminal acetylenes is 1. The first-order valence-corrected chi connectivity index (χ1v) is 10.2. The summed E-state index contributed by atoms with van der Waals surface area (Å²) in [5.41, 5.74) is 2.10. The molecule has 1 saturated heterocycles. The maximum Gasteiger partial charge on any atom is 0.112 e. The van der Waals surface area contributed by atoms with Crippen LogP contribution in [0.15, 0.2) is 12.3 Å². The fraction of sp³-hybridized carbons (Fsp3) is 0.533. The van der Waals surface area contributed by atoms with Crippen molar-refractivity contribution in [1.29, 1.82) is 0 Å². The Hall–Kier alpha value is -1.27. The first-order chi connectivity index (χ1) is 8.52. The molecule has 0 radical (unpaired) electrons. The molecule has 1 aliphatic rings. The maximum absolute atomic E-state index is 5.57. The summed E-state index contributed by atoms with van der Waals surface area (Å²) >= 11 is 0. The quantitative estimate of drug-likeness (QED) is 0.599. The minimum atomic E-state index is -1.43. The zero-order valence-electron chi connectivity index (χ0n) is 11.7. The van der Waals surface area contributed by atoms with Gasteiger partial charge in [-0.2, -0.15) is 0 Å². The van der Waals surface area contributed by atoms with Gasteiger partial charge in [0.1, 0.15) is 5.69 Å². The number of pyridine rings is 1. The molecular formula is C15H22N2Si. The molecule has 18 heavy (non-hydrogen) atoms. The Bertz CT molecular complexity index is 462. The molecule has 1 aliphatic heterocycles. The molecule has 2 heterocycles. The molecule has 0 N–H and O–H groups in total. The van der Waals surface area contributed by atoms with E-state index in [2.05, 4.69) is 41.5 Å². The Labute approximate surface area is 111 Å². The second-order valence-electron chi connectivity index (χ2n) is 6.03. The normalized spacial score (nSPS) is 16.4. The summed E-state index contributed by atoms with van der Waals surface area (Å²) in [4.78, 5) is 6.94. The Morgan fingerprint density at radius 2 is 1.89 bits per heavy atom. The summed E-state index contributed by atoms with van der Waals surface area (Å²) in [7, 11) is -1.43. The number of piperidine rings is 1. The lowest BCUT2D eigenvalue weighted by atomic mass is 10.1. The fourth-order valence-corrected chi connectivity index (χ4v) is 3.89. The van der Waals surface area contributed by atoms with Crippen LogP contribution >= 0.6 is 0 Å². The van der Waals surface area contributed by atoms with Crippen molar-refractivity contribution < 1.29 is 0 Å². The maximum atomic E-state index is 5.57. The predicted octanol–water partition coefficient (Wildman–Crippen LogP) is 2.60. The van der Waals surface area contributed by atoms with Crippen molar-refractivity contribution in [2.45, 2.75) is 38.9 Å². The zero-order chi connectivity index (χ0) is 13.2. The highest BCUT2D eigenvalue weighted by Crippen LogP contribution is 2.19. The van der Waals surface area contributed by atoms with Crippen LogP contribution in [0.3, 0.4) is 0 Å². The third-order valence-electron chi connectivity index (χ3n) is 3.54. The Morgan fingerprint density at radius 1 is 1.22 bits per heavy atom. The number of aromatic nitrogens is 1. The lowest BCUT2D eigenvalue weighted by molar-refractivity contribution is 0.577. The van der Waals surface area contributed by atoms with Crippen LogP contribution in [0.2, 0.25) is 19.6 Å². The third kappa shape index (κ3) is 2.76. The third-order valence-corrected chi connectivity index (χ3v) is 5.54. The molecule has 0 aromatic carbocycles. The summed E-state index contributed by atoms with van der Waals surface area (Å²) in [6.45, 7) is 9.28. The van der Waals surface area contributed by atoms with E-state index in [1.807, 2.05) is 6.20 Å². The average molecular weight is 258 g/mol. The van der Waals surface area contributed by atoms with E-state index < -0.39 is 8.07 Å². The van der Waals surface area contributed by atoms with E-state index in [0.29, 0.717) is 0 Å². The van der Waals surface area contributed by atoms with Crippen LogP contribution in [-0.4, -0.2) is 26.1 Å². The van der Waals surface area contributed by atoms with Crippen LogP contribution in [0, 0.1) is 12.3 Å². The van der Waals surface area contributed by atoms with Crippen molar-refractivity contribution >= 4 is 18.9 Å². The molecule has 0 atom stereocenters. The fourth-order valence-electron chi connectivity index (χ4n) is 2.47. The molecule has 0 spiro atoms. The molecule has 0 amide bonds. The van der Waals surface area contributed by atoms with E-state index in [9.17, 15) is 0 Å². The van der Waals surface area contributed by atoms with E-state index in [1.165, 1.54) is 30.1 Å². The molecule has 1 aromatic heterocycles. The molecule has 0 bridgehead atoms. The summed E-state index contributed by atoms with van der Waals surface area (Å²) in [5.74, 6) is 2.74. The summed E-state index contributed by atoms with van der Waals surface area (Å²) < 4.78 is 0. The highest BCUT2D eigenvalue weighted by molar-refractivity contribution is 6.89. The van der Waals surface area contributed by atoms with Gasteiger partial charge in [0.2, 0.25) is 0 Å². The van der Waals surface area contributed by atoms with Gasteiger partial charge in [0.25, 0.3) is 0 Å². The topological polar surface area (TPSA) is 16.1 Å². The average Bonchev–Trinajstić information content (AvgIpc) is 2.38. The summed E-state index contributed by atoms with van der Waals surface area (Å²) in [6, 6.07) is 2.29. The van der Waals surface area contributed by atoms with Crippen molar-refractivity contribution in [3.05, 3.63) is 18.0 Å². The SMILES string of the molecule is C#Cc1ncc(N2CCCCC2)cc1[Si](C)(C)C. The van der Waals surface area contributed by atoms with E-state index >= 15 is 0 Å². The van der Waals surface area contributed by atoms with Crippen molar-refractivity contribution in [3.63, 3.8) is 0 Å². The van der Waals surface area contributed by atoms with Crippen molar-refractivity contribution in [1.82, 2.24) is 4.98 Å². The van der Waals surface area contributed by atoms with Gasteiger partial charge < -0.3 is 4.90 Å². The van der Waals surface area contributed by atoms with Crippen LogP contribution in [0.1, 0.15) is 25.0 Å². The van der Waals surface area contributed by atoms with Gasteiger partial charge in [0.15, 0.2) is 0 Å². The van der Waals surface area contributed by atoms with Gasteiger partial charge in [-0.05, 0) is 30.5 Å². The second kappa shape index (κ2) is 5.15. The van der Waals surface area contributed by atoms with E-state index in [-0.39, 0.29) is 0 Å². The predicted molar refractivity (Wildman–Crippen MR) is 81.2 cm³/mol. The number of hydrogen-bond acceptors (Lipinski definition) is 2. The van der Waals surface area contributed by atoms with Crippen LogP contribution < -0.4 is 10.1 Å². The smallest absolute Gasteiger partial charge is 0.112 e. The molecule has 96 valence electrons. The van der Waals surface area contributed by atoms with Gasteiger partial charge in [0, 0.05) is 13.1 Å².